The van der Waals surface area contributed by atoms with Crippen LogP contribution in [0.4, 0.5) is 17.6 Å². The van der Waals surface area contributed by atoms with Gasteiger partial charge in [-0.25, -0.2) is 9.89 Å². The summed E-state index contributed by atoms with van der Waals surface area (Å²) in [7, 11) is 1.33. The number of benzene rings is 2. The van der Waals surface area contributed by atoms with Crippen LogP contribution >= 0.6 is 23.2 Å². The molecule has 0 aliphatic carbocycles. The molecule has 3 aromatic rings. The van der Waals surface area contributed by atoms with Gasteiger partial charge < -0.3 is 15.8 Å². The van der Waals surface area contributed by atoms with E-state index in [-0.39, 0.29) is 5.95 Å². The number of aromatic amines is 1. The minimum Gasteiger partial charge on any atom is -0.465 e. The molecule has 1 aromatic heterocycles. The van der Waals surface area contributed by atoms with Gasteiger partial charge in [-0.3, -0.25) is 0 Å². The fourth-order valence-electron chi connectivity index (χ4n) is 2.27. The van der Waals surface area contributed by atoms with Crippen molar-refractivity contribution in [1.29, 1.82) is 0 Å². The first-order valence-corrected chi connectivity index (χ1v) is 7.86. The SMILES string of the molecule is COC(=O)c1ccc(-c2c(Cl)cc(Nc3n[nH]c(N)n3)cc2Cl)cc1. The second-order valence-electron chi connectivity index (χ2n) is 5.05. The smallest absolute Gasteiger partial charge is 0.337 e. The normalized spacial score (nSPS) is 10.5. The first kappa shape index (κ1) is 17.1. The van der Waals surface area contributed by atoms with Crippen molar-refractivity contribution >= 4 is 46.8 Å². The fourth-order valence-corrected chi connectivity index (χ4v) is 2.98. The summed E-state index contributed by atoms with van der Waals surface area (Å²) in [5, 5.41) is 10.2. The largest absolute Gasteiger partial charge is 0.465 e. The number of anilines is 3. The molecule has 0 aliphatic heterocycles. The molecule has 0 saturated heterocycles. The predicted molar refractivity (Wildman–Crippen MR) is 97.3 cm³/mol. The summed E-state index contributed by atoms with van der Waals surface area (Å²) in [5.41, 5.74) is 7.97. The Labute approximate surface area is 153 Å². The number of hydrogen-bond donors (Lipinski definition) is 3. The summed E-state index contributed by atoms with van der Waals surface area (Å²) in [6.07, 6.45) is 0. The number of nitrogens with zero attached hydrogens (tertiary/aromatic N) is 2. The molecule has 0 bridgehead atoms. The second-order valence-corrected chi connectivity index (χ2v) is 5.87. The van der Waals surface area contributed by atoms with E-state index >= 15 is 0 Å². The Morgan fingerprint density at radius 3 is 2.36 bits per heavy atom. The van der Waals surface area contributed by atoms with Gasteiger partial charge in [-0.05, 0) is 29.8 Å². The Morgan fingerprint density at radius 1 is 1.20 bits per heavy atom. The van der Waals surface area contributed by atoms with Crippen LogP contribution in [0.15, 0.2) is 36.4 Å². The molecule has 0 saturated carbocycles. The molecule has 25 heavy (non-hydrogen) atoms. The van der Waals surface area contributed by atoms with Gasteiger partial charge in [0, 0.05) is 11.3 Å². The van der Waals surface area contributed by atoms with E-state index in [0.29, 0.717) is 32.8 Å². The number of nitrogen functional groups attached to an aromatic ring is 1. The molecule has 0 radical (unpaired) electrons. The van der Waals surface area contributed by atoms with Crippen LogP contribution in [0.25, 0.3) is 11.1 Å². The first-order chi connectivity index (χ1) is 12.0. The Balaban J connectivity index is 1.91. The number of carbonyl (C=O) groups is 1. The number of hydrogen-bond acceptors (Lipinski definition) is 6. The van der Waals surface area contributed by atoms with Crippen LogP contribution in [-0.4, -0.2) is 28.3 Å². The number of H-pyrrole nitrogens is 1. The molecular formula is C16H13Cl2N5O2. The highest BCUT2D eigenvalue weighted by Crippen LogP contribution is 2.37. The van der Waals surface area contributed by atoms with Crippen molar-refractivity contribution in [3.8, 4) is 11.1 Å². The molecule has 2 aromatic carbocycles. The molecule has 128 valence electrons. The van der Waals surface area contributed by atoms with E-state index in [1.165, 1.54) is 7.11 Å². The van der Waals surface area contributed by atoms with Crippen LogP contribution in [0.3, 0.4) is 0 Å². The topological polar surface area (TPSA) is 106 Å². The summed E-state index contributed by atoms with van der Waals surface area (Å²) in [4.78, 5) is 15.5. The lowest BCUT2D eigenvalue weighted by Crippen LogP contribution is -2.00. The number of halogens is 2. The molecule has 0 amide bonds. The van der Waals surface area contributed by atoms with E-state index in [1.54, 1.807) is 36.4 Å². The zero-order valence-electron chi connectivity index (χ0n) is 13.0. The van der Waals surface area contributed by atoms with Gasteiger partial charge in [0.1, 0.15) is 0 Å². The van der Waals surface area contributed by atoms with Crippen LogP contribution < -0.4 is 11.1 Å². The molecule has 0 spiro atoms. The van der Waals surface area contributed by atoms with Gasteiger partial charge in [-0.2, -0.15) is 4.98 Å². The van der Waals surface area contributed by atoms with Gasteiger partial charge in [-0.1, -0.05) is 35.3 Å². The standard InChI is InChI=1S/C16H13Cl2N5O2/c1-25-14(24)9-4-2-8(3-5-9)13-11(17)6-10(7-12(13)18)20-16-21-15(19)22-23-16/h2-7H,1H3,(H4,19,20,21,22,23). The molecular weight excluding hydrogens is 365 g/mol. The maximum Gasteiger partial charge on any atom is 0.337 e. The molecule has 9 heteroatoms. The van der Waals surface area contributed by atoms with Crippen molar-refractivity contribution in [2.24, 2.45) is 0 Å². The summed E-state index contributed by atoms with van der Waals surface area (Å²) in [6.45, 7) is 0. The quantitative estimate of drug-likeness (QED) is 0.595. The Morgan fingerprint density at radius 2 is 1.84 bits per heavy atom. The lowest BCUT2D eigenvalue weighted by Gasteiger charge is -2.11. The average Bonchev–Trinajstić information content (AvgIpc) is 2.99. The maximum atomic E-state index is 11.5. The van der Waals surface area contributed by atoms with Crippen LogP contribution in [0.2, 0.25) is 10.0 Å². The number of aromatic nitrogens is 3. The highest BCUT2D eigenvalue weighted by molar-refractivity contribution is 6.39. The molecule has 0 unspecified atom stereocenters. The van der Waals surface area contributed by atoms with E-state index in [1.807, 2.05) is 0 Å². The third-order valence-corrected chi connectivity index (χ3v) is 3.99. The molecule has 4 N–H and O–H groups in total. The van der Waals surface area contributed by atoms with Gasteiger partial charge >= 0.3 is 5.97 Å². The average molecular weight is 378 g/mol. The van der Waals surface area contributed by atoms with Crippen LogP contribution in [0.1, 0.15) is 10.4 Å². The summed E-state index contributed by atoms with van der Waals surface area (Å²) in [6, 6.07) is 10.2. The van der Waals surface area contributed by atoms with Crippen LogP contribution in [0.5, 0.6) is 0 Å². The lowest BCUT2D eigenvalue weighted by atomic mass is 10.0. The monoisotopic (exact) mass is 377 g/mol. The van der Waals surface area contributed by atoms with E-state index in [2.05, 4.69) is 25.2 Å². The number of rotatable bonds is 4. The van der Waals surface area contributed by atoms with Crippen molar-refractivity contribution in [2.75, 3.05) is 18.2 Å². The summed E-state index contributed by atoms with van der Waals surface area (Å²) >= 11 is 12.8. The van der Waals surface area contributed by atoms with E-state index in [9.17, 15) is 4.79 Å². The summed E-state index contributed by atoms with van der Waals surface area (Å²) in [5.74, 6) is 0.0934. The molecule has 0 aliphatic rings. The fraction of sp³-hybridized carbons (Fsp3) is 0.0625. The zero-order chi connectivity index (χ0) is 18.0. The minimum absolute atomic E-state index is 0.196. The molecule has 3 rings (SSSR count). The van der Waals surface area contributed by atoms with Gasteiger partial charge in [0.05, 0.1) is 22.7 Å². The van der Waals surface area contributed by atoms with E-state index < -0.39 is 5.97 Å². The molecule has 0 atom stereocenters. The van der Waals surface area contributed by atoms with E-state index in [4.69, 9.17) is 28.9 Å². The van der Waals surface area contributed by atoms with Gasteiger partial charge in [0.25, 0.3) is 0 Å². The molecule has 7 nitrogen and oxygen atoms in total. The highest BCUT2D eigenvalue weighted by atomic mass is 35.5. The van der Waals surface area contributed by atoms with Crippen molar-refractivity contribution in [3.05, 3.63) is 52.0 Å². The third kappa shape index (κ3) is 3.67. The van der Waals surface area contributed by atoms with Crippen molar-refractivity contribution in [3.63, 3.8) is 0 Å². The number of esters is 1. The van der Waals surface area contributed by atoms with Gasteiger partial charge in [0.15, 0.2) is 0 Å². The lowest BCUT2D eigenvalue weighted by molar-refractivity contribution is 0.0601. The first-order valence-electron chi connectivity index (χ1n) is 7.10. The molecule has 1 heterocycles. The van der Waals surface area contributed by atoms with Gasteiger partial charge in [-0.15, -0.1) is 5.10 Å². The van der Waals surface area contributed by atoms with Crippen molar-refractivity contribution in [2.45, 2.75) is 0 Å². The highest BCUT2D eigenvalue weighted by Gasteiger charge is 2.13. The van der Waals surface area contributed by atoms with Crippen molar-refractivity contribution in [1.82, 2.24) is 15.2 Å². The maximum absolute atomic E-state index is 11.5. The predicted octanol–water partition coefficient (Wildman–Crippen LogP) is 3.89. The Hall–Kier alpha value is -2.77. The van der Waals surface area contributed by atoms with Crippen LogP contribution in [0, 0.1) is 0 Å². The third-order valence-electron chi connectivity index (χ3n) is 3.40. The van der Waals surface area contributed by atoms with E-state index in [0.717, 1.165) is 5.56 Å². The number of carbonyl (C=O) groups excluding carboxylic acids is 1. The Bertz CT molecular complexity index is 902. The summed E-state index contributed by atoms with van der Waals surface area (Å²) < 4.78 is 4.68. The number of nitrogens with two attached hydrogens (primary N) is 1. The minimum atomic E-state index is -0.408. The number of nitrogens with one attached hydrogen (secondary N) is 2. The zero-order valence-corrected chi connectivity index (χ0v) is 14.5. The second kappa shape index (κ2) is 7.00. The van der Waals surface area contributed by atoms with Crippen molar-refractivity contribution < 1.29 is 9.53 Å². The number of ether oxygens (including phenoxy) is 1. The Kier molecular flexibility index (Phi) is 4.78. The molecule has 0 fully saturated rings. The van der Waals surface area contributed by atoms with Gasteiger partial charge in [0.2, 0.25) is 11.9 Å². The number of methoxy groups -OCH3 is 1. The van der Waals surface area contributed by atoms with Crippen LogP contribution in [-0.2, 0) is 4.74 Å².